The topological polar surface area (TPSA) is 117 Å². The predicted octanol–water partition coefficient (Wildman–Crippen LogP) is 2.02. The van der Waals surface area contributed by atoms with E-state index in [1.165, 1.54) is 32.4 Å². The molecule has 0 aliphatic heterocycles. The lowest BCUT2D eigenvalue weighted by Crippen LogP contribution is -2.24. The molecule has 0 heterocycles. The zero-order valence-corrected chi connectivity index (χ0v) is 14.2. The summed E-state index contributed by atoms with van der Waals surface area (Å²) >= 11 is 0. The molecule has 0 fully saturated rings. The molecule has 8 nitrogen and oxygen atoms in total. The van der Waals surface area contributed by atoms with E-state index in [0.717, 1.165) is 0 Å². The van der Waals surface area contributed by atoms with Crippen LogP contribution < -0.4 is 14.9 Å². The minimum Gasteiger partial charge on any atom is -0.507 e. The highest BCUT2D eigenvalue weighted by atomic mass is 16.5. The second-order valence-electron chi connectivity index (χ2n) is 5.19. The number of phenolic OH excluding ortho intramolecular Hbond substituents is 1. The molecule has 0 saturated heterocycles. The van der Waals surface area contributed by atoms with Crippen LogP contribution in [0.25, 0.3) is 0 Å². The van der Waals surface area contributed by atoms with Crippen LogP contribution in [0.5, 0.6) is 17.2 Å². The van der Waals surface area contributed by atoms with Gasteiger partial charge in [-0.25, -0.2) is 10.2 Å². The summed E-state index contributed by atoms with van der Waals surface area (Å²) in [5.41, 5.74) is 2.77. The zero-order valence-electron chi connectivity index (χ0n) is 14.2. The first kappa shape index (κ1) is 18.8. The molecule has 1 atom stereocenters. The van der Waals surface area contributed by atoms with E-state index in [-0.39, 0.29) is 17.1 Å². The minimum atomic E-state index is -1.13. The van der Waals surface area contributed by atoms with E-state index in [1.807, 2.05) is 0 Å². The highest BCUT2D eigenvalue weighted by Gasteiger charge is 2.18. The number of amides is 1. The molecule has 2 aromatic rings. The number of methoxy groups -OCH3 is 1. The van der Waals surface area contributed by atoms with Crippen LogP contribution in [0, 0.1) is 0 Å². The molecule has 2 rings (SSSR count). The summed E-state index contributed by atoms with van der Waals surface area (Å²) < 4.78 is 10.6. The van der Waals surface area contributed by atoms with E-state index in [0.29, 0.717) is 11.3 Å². The molecule has 0 bridgehead atoms. The summed E-state index contributed by atoms with van der Waals surface area (Å²) in [6.45, 7) is 1.38. The number of hydrazone groups is 1. The maximum atomic E-state index is 12.0. The van der Waals surface area contributed by atoms with Gasteiger partial charge in [-0.2, -0.15) is 5.10 Å². The van der Waals surface area contributed by atoms with Crippen molar-refractivity contribution >= 4 is 18.1 Å². The number of hydrogen-bond acceptors (Lipinski definition) is 6. The van der Waals surface area contributed by atoms with E-state index in [9.17, 15) is 14.7 Å². The number of carbonyl (C=O) groups is 2. The van der Waals surface area contributed by atoms with E-state index < -0.39 is 18.0 Å². The number of hydrogen-bond donors (Lipinski definition) is 3. The molecule has 3 N–H and O–H groups in total. The van der Waals surface area contributed by atoms with Gasteiger partial charge in [-0.05, 0) is 31.2 Å². The summed E-state index contributed by atoms with van der Waals surface area (Å²) in [5, 5.41) is 22.5. The first-order chi connectivity index (χ1) is 12.4. The summed E-state index contributed by atoms with van der Waals surface area (Å²) in [6.07, 6.45) is 0.193. The number of para-hydroxylation sites is 2. The molecule has 0 radical (unpaired) electrons. The van der Waals surface area contributed by atoms with Gasteiger partial charge >= 0.3 is 5.97 Å². The summed E-state index contributed by atoms with van der Waals surface area (Å²) in [5.74, 6) is -1.38. The Bertz CT molecular complexity index is 834. The lowest BCUT2D eigenvalue weighted by molar-refractivity contribution is -0.144. The quantitative estimate of drug-likeness (QED) is 0.515. The predicted molar refractivity (Wildman–Crippen MR) is 93.9 cm³/mol. The molecule has 0 aliphatic carbocycles. The van der Waals surface area contributed by atoms with Crippen LogP contribution in [-0.4, -0.2) is 41.5 Å². The molecule has 0 spiro atoms. The molecule has 26 heavy (non-hydrogen) atoms. The number of nitrogens with zero attached hydrogens (tertiary/aromatic N) is 1. The van der Waals surface area contributed by atoms with Gasteiger partial charge in [0.2, 0.25) is 0 Å². The third-order valence-electron chi connectivity index (χ3n) is 3.39. The van der Waals surface area contributed by atoms with Crippen LogP contribution >= 0.6 is 0 Å². The first-order valence-electron chi connectivity index (χ1n) is 7.62. The Kier molecular flexibility index (Phi) is 6.15. The fourth-order valence-electron chi connectivity index (χ4n) is 2.03. The van der Waals surface area contributed by atoms with Gasteiger partial charge in [0.05, 0.1) is 18.9 Å². The second-order valence-corrected chi connectivity index (χ2v) is 5.19. The number of nitrogens with one attached hydrogen (secondary N) is 1. The average molecular weight is 358 g/mol. The van der Waals surface area contributed by atoms with E-state index in [1.54, 1.807) is 30.3 Å². The van der Waals surface area contributed by atoms with Crippen molar-refractivity contribution in [1.29, 1.82) is 0 Å². The van der Waals surface area contributed by atoms with Gasteiger partial charge in [-0.3, -0.25) is 4.79 Å². The number of ether oxygens (including phenoxy) is 2. The third kappa shape index (κ3) is 4.50. The van der Waals surface area contributed by atoms with Gasteiger partial charge in [0.15, 0.2) is 17.6 Å². The Hall–Kier alpha value is -3.55. The van der Waals surface area contributed by atoms with Crippen LogP contribution in [-0.2, 0) is 4.79 Å². The Morgan fingerprint density at radius 3 is 2.58 bits per heavy atom. The van der Waals surface area contributed by atoms with Gasteiger partial charge in [0.25, 0.3) is 5.91 Å². The number of carboxylic acids is 1. The van der Waals surface area contributed by atoms with Crippen molar-refractivity contribution in [2.45, 2.75) is 13.0 Å². The maximum Gasteiger partial charge on any atom is 0.344 e. The molecule has 0 aromatic heterocycles. The van der Waals surface area contributed by atoms with Crippen LogP contribution in [0.2, 0.25) is 0 Å². The monoisotopic (exact) mass is 358 g/mol. The van der Waals surface area contributed by atoms with E-state index in [2.05, 4.69) is 10.5 Å². The lowest BCUT2D eigenvalue weighted by atomic mass is 10.2. The number of aliphatic carboxylic acids is 1. The van der Waals surface area contributed by atoms with Crippen LogP contribution in [0.15, 0.2) is 47.6 Å². The molecule has 0 saturated carbocycles. The summed E-state index contributed by atoms with van der Waals surface area (Å²) in [6, 6.07) is 11.0. The maximum absolute atomic E-state index is 12.0. The van der Waals surface area contributed by atoms with E-state index in [4.69, 9.17) is 14.6 Å². The number of aromatic hydroxyl groups is 1. The number of phenols is 1. The summed E-state index contributed by atoms with van der Waals surface area (Å²) in [7, 11) is 1.43. The zero-order chi connectivity index (χ0) is 19.1. The second kappa shape index (κ2) is 8.52. The van der Waals surface area contributed by atoms with Crippen molar-refractivity contribution in [2.24, 2.45) is 5.10 Å². The Labute approximate surface area is 149 Å². The van der Waals surface area contributed by atoms with Crippen molar-refractivity contribution in [1.82, 2.24) is 5.43 Å². The van der Waals surface area contributed by atoms with Gasteiger partial charge in [-0.1, -0.05) is 18.2 Å². The normalized spacial score (nSPS) is 11.8. The van der Waals surface area contributed by atoms with Crippen molar-refractivity contribution < 1.29 is 29.3 Å². The molecule has 8 heteroatoms. The number of benzene rings is 2. The van der Waals surface area contributed by atoms with Gasteiger partial charge in [-0.15, -0.1) is 0 Å². The van der Waals surface area contributed by atoms with Crippen LogP contribution in [0.3, 0.4) is 0 Å². The molecule has 2 aromatic carbocycles. The SMILES string of the molecule is COc1cccc(/C=N\NC(=O)c2ccccc2O)c1OC(C)C(=O)O. The Morgan fingerprint density at radius 1 is 1.19 bits per heavy atom. The third-order valence-corrected chi connectivity index (χ3v) is 3.39. The highest BCUT2D eigenvalue weighted by molar-refractivity contribution is 5.97. The van der Waals surface area contributed by atoms with Gasteiger partial charge in [0, 0.05) is 5.56 Å². The highest BCUT2D eigenvalue weighted by Crippen LogP contribution is 2.31. The smallest absolute Gasteiger partial charge is 0.344 e. The van der Waals surface area contributed by atoms with Crippen molar-refractivity contribution in [2.75, 3.05) is 7.11 Å². The average Bonchev–Trinajstić information content (AvgIpc) is 2.62. The van der Waals surface area contributed by atoms with Crippen LogP contribution in [0.4, 0.5) is 0 Å². The molecular formula is C18H18N2O6. The van der Waals surface area contributed by atoms with Crippen LogP contribution in [0.1, 0.15) is 22.8 Å². The Morgan fingerprint density at radius 2 is 1.92 bits per heavy atom. The minimum absolute atomic E-state index is 0.0752. The fraction of sp³-hybridized carbons (Fsp3) is 0.167. The standard InChI is InChI=1S/C18H18N2O6/c1-11(18(23)24)26-16-12(6-5-9-15(16)25-2)10-19-20-17(22)13-7-3-4-8-14(13)21/h3-11,21H,1-2H3,(H,20,22)(H,23,24)/b19-10-. The van der Waals surface area contributed by atoms with Gasteiger partial charge in [0.1, 0.15) is 5.75 Å². The largest absolute Gasteiger partial charge is 0.507 e. The molecule has 0 aliphatic rings. The lowest BCUT2D eigenvalue weighted by Gasteiger charge is -2.15. The summed E-state index contributed by atoms with van der Waals surface area (Å²) in [4.78, 5) is 23.0. The van der Waals surface area contributed by atoms with Crippen molar-refractivity contribution in [3.63, 3.8) is 0 Å². The Balaban J connectivity index is 2.20. The number of rotatable bonds is 7. The fourth-order valence-corrected chi connectivity index (χ4v) is 2.03. The first-order valence-corrected chi connectivity index (χ1v) is 7.62. The number of carbonyl (C=O) groups excluding carboxylic acids is 1. The van der Waals surface area contributed by atoms with Gasteiger partial charge < -0.3 is 19.7 Å². The molecular weight excluding hydrogens is 340 g/mol. The number of carboxylic acid groups (broad SMARTS) is 1. The molecule has 136 valence electrons. The molecule has 1 unspecified atom stereocenters. The van der Waals surface area contributed by atoms with Crippen molar-refractivity contribution in [3.05, 3.63) is 53.6 Å². The van der Waals surface area contributed by atoms with Crippen molar-refractivity contribution in [3.8, 4) is 17.2 Å². The molecule has 1 amide bonds. The van der Waals surface area contributed by atoms with E-state index >= 15 is 0 Å².